The van der Waals surface area contributed by atoms with Crippen LogP contribution in [0, 0.1) is 0 Å². The lowest BCUT2D eigenvalue weighted by atomic mass is 10.3. The second kappa shape index (κ2) is 11.4. The van der Waals surface area contributed by atoms with E-state index in [4.69, 9.17) is 14.6 Å². The molecule has 3 nitrogen and oxygen atoms in total. The summed E-state index contributed by atoms with van der Waals surface area (Å²) >= 11 is 0. The molecule has 0 aliphatic carbocycles. The highest BCUT2D eigenvalue weighted by Crippen LogP contribution is 2.03. The van der Waals surface area contributed by atoms with Crippen LogP contribution in [0.25, 0.3) is 0 Å². The molecule has 0 aromatic carbocycles. The molecule has 0 aliphatic heterocycles. The third-order valence-corrected chi connectivity index (χ3v) is 1.97. The van der Waals surface area contributed by atoms with Gasteiger partial charge in [0.1, 0.15) is 5.76 Å². The van der Waals surface area contributed by atoms with Crippen molar-refractivity contribution in [2.24, 2.45) is 0 Å². The maximum absolute atomic E-state index is 8.55. The Morgan fingerprint density at radius 1 is 1.18 bits per heavy atom. The number of allylic oxidation sites excluding steroid dienone is 4. The second-order valence-electron chi connectivity index (χ2n) is 3.76. The van der Waals surface area contributed by atoms with Gasteiger partial charge < -0.3 is 14.6 Å². The van der Waals surface area contributed by atoms with Gasteiger partial charge in [0.05, 0.1) is 6.61 Å². The fourth-order valence-electron chi connectivity index (χ4n) is 1.07. The molecule has 0 saturated carbocycles. The van der Waals surface area contributed by atoms with Crippen molar-refractivity contribution in [2.75, 3.05) is 26.4 Å². The SMILES string of the molecule is C=C(C)/C=C\C(=C/C)OCCCOCCCO. The van der Waals surface area contributed by atoms with Gasteiger partial charge in [0.25, 0.3) is 0 Å². The van der Waals surface area contributed by atoms with Gasteiger partial charge in [0.2, 0.25) is 0 Å². The smallest absolute Gasteiger partial charge is 0.115 e. The summed E-state index contributed by atoms with van der Waals surface area (Å²) in [6.07, 6.45) is 7.31. The third kappa shape index (κ3) is 11.2. The molecule has 0 aliphatic rings. The summed E-state index contributed by atoms with van der Waals surface area (Å²) in [6.45, 7) is 9.78. The molecule has 0 bridgehead atoms. The Morgan fingerprint density at radius 3 is 2.47 bits per heavy atom. The molecule has 1 N–H and O–H groups in total. The van der Waals surface area contributed by atoms with E-state index in [9.17, 15) is 0 Å². The van der Waals surface area contributed by atoms with E-state index in [0.717, 1.165) is 17.8 Å². The largest absolute Gasteiger partial charge is 0.494 e. The van der Waals surface area contributed by atoms with Crippen LogP contribution in [0.4, 0.5) is 0 Å². The first kappa shape index (κ1) is 15.9. The fraction of sp³-hybridized carbons (Fsp3) is 0.571. The van der Waals surface area contributed by atoms with Crippen LogP contribution >= 0.6 is 0 Å². The zero-order valence-corrected chi connectivity index (χ0v) is 10.9. The molecule has 0 aromatic rings. The molecule has 0 rings (SSSR count). The van der Waals surface area contributed by atoms with Gasteiger partial charge in [-0.2, -0.15) is 0 Å². The summed E-state index contributed by atoms with van der Waals surface area (Å²) in [5.41, 5.74) is 1.00. The van der Waals surface area contributed by atoms with Crippen molar-refractivity contribution in [1.29, 1.82) is 0 Å². The van der Waals surface area contributed by atoms with E-state index in [2.05, 4.69) is 6.58 Å². The molecule has 0 heterocycles. The van der Waals surface area contributed by atoms with Crippen molar-refractivity contribution in [2.45, 2.75) is 26.7 Å². The Morgan fingerprint density at radius 2 is 1.88 bits per heavy atom. The van der Waals surface area contributed by atoms with E-state index in [1.165, 1.54) is 0 Å². The van der Waals surface area contributed by atoms with Crippen molar-refractivity contribution in [3.8, 4) is 0 Å². The molecule has 0 saturated heterocycles. The molecule has 0 radical (unpaired) electrons. The summed E-state index contributed by atoms with van der Waals surface area (Å²) < 4.78 is 10.8. The Balaban J connectivity index is 3.55. The number of hydrogen-bond acceptors (Lipinski definition) is 3. The van der Waals surface area contributed by atoms with Gasteiger partial charge in [0, 0.05) is 26.2 Å². The number of aliphatic hydroxyl groups is 1. The van der Waals surface area contributed by atoms with E-state index >= 15 is 0 Å². The van der Waals surface area contributed by atoms with Gasteiger partial charge in [-0.1, -0.05) is 18.2 Å². The van der Waals surface area contributed by atoms with Crippen LogP contribution < -0.4 is 0 Å². The van der Waals surface area contributed by atoms with Crippen molar-refractivity contribution in [3.05, 3.63) is 36.1 Å². The topological polar surface area (TPSA) is 38.7 Å². The predicted octanol–water partition coefficient (Wildman–Crippen LogP) is 2.83. The number of aliphatic hydroxyl groups excluding tert-OH is 1. The molecule has 0 spiro atoms. The second-order valence-corrected chi connectivity index (χ2v) is 3.76. The first-order valence-corrected chi connectivity index (χ1v) is 6.02. The van der Waals surface area contributed by atoms with Crippen molar-refractivity contribution in [3.63, 3.8) is 0 Å². The quantitative estimate of drug-likeness (QED) is 0.362. The summed E-state index contributed by atoms with van der Waals surface area (Å²) in [5, 5.41) is 8.55. The molecule has 0 amide bonds. The van der Waals surface area contributed by atoms with Gasteiger partial charge in [-0.05, 0) is 32.4 Å². The molecule has 0 aromatic heterocycles. The Bertz CT molecular complexity index is 254. The van der Waals surface area contributed by atoms with Crippen LogP contribution in [0.3, 0.4) is 0 Å². The van der Waals surface area contributed by atoms with Crippen LogP contribution in [0.15, 0.2) is 36.1 Å². The first-order valence-electron chi connectivity index (χ1n) is 6.02. The minimum absolute atomic E-state index is 0.185. The highest BCUT2D eigenvalue weighted by atomic mass is 16.5. The molecule has 17 heavy (non-hydrogen) atoms. The lowest BCUT2D eigenvalue weighted by Gasteiger charge is -2.07. The van der Waals surface area contributed by atoms with E-state index in [1.54, 1.807) is 0 Å². The molecule has 0 atom stereocenters. The van der Waals surface area contributed by atoms with E-state index in [-0.39, 0.29) is 6.61 Å². The summed E-state index contributed by atoms with van der Waals surface area (Å²) in [5.74, 6) is 0.850. The fourth-order valence-corrected chi connectivity index (χ4v) is 1.07. The average molecular weight is 240 g/mol. The zero-order valence-electron chi connectivity index (χ0n) is 10.9. The molecular weight excluding hydrogens is 216 g/mol. The lowest BCUT2D eigenvalue weighted by molar-refractivity contribution is 0.0961. The highest BCUT2D eigenvalue weighted by Gasteiger charge is 1.93. The monoisotopic (exact) mass is 240 g/mol. The molecule has 0 fully saturated rings. The van der Waals surface area contributed by atoms with Gasteiger partial charge >= 0.3 is 0 Å². The van der Waals surface area contributed by atoms with Gasteiger partial charge in [-0.15, -0.1) is 0 Å². The summed E-state index contributed by atoms with van der Waals surface area (Å²) in [4.78, 5) is 0. The molecule has 3 heteroatoms. The highest BCUT2D eigenvalue weighted by molar-refractivity contribution is 5.20. The summed E-state index contributed by atoms with van der Waals surface area (Å²) in [7, 11) is 0. The van der Waals surface area contributed by atoms with Gasteiger partial charge in [0.15, 0.2) is 0 Å². The minimum atomic E-state index is 0.185. The van der Waals surface area contributed by atoms with Crippen LogP contribution in [0.1, 0.15) is 26.7 Å². The molecular formula is C14H24O3. The van der Waals surface area contributed by atoms with Crippen LogP contribution in [-0.4, -0.2) is 31.5 Å². The van der Waals surface area contributed by atoms with Crippen molar-refractivity contribution < 1.29 is 14.6 Å². The van der Waals surface area contributed by atoms with E-state index in [0.29, 0.717) is 26.2 Å². The third-order valence-electron chi connectivity index (χ3n) is 1.97. The summed E-state index contributed by atoms with van der Waals surface area (Å²) in [6, 6.07) is 0. The van der Waals surface area contributed by atoms with Gasteiger partial charge in [-0.3, -0.25) is 0 Å². The maximum atomic E-state index is 8.55. The van der Waals surface area contributed by atoms with E-state index < -0.39 is 0 Å². The molecule has 0 unspecified atom stereocenters. The predicted molar refractivity (Wildman–Crippen MR) is 70.8 cm³/mol. The van der Waals surface area contributed by atoms with Crippen LogP contribution in [0.5, 0.6) is 0 Å². The standard InChI is InChI=1S/C14H24O3/c1-4-14(8-7-13(2)3)17-12-6-11-16-10-5-9-15/h4,7-8,15H,2,5-6,9-12H2,1,3H3/b8-7-,14-4+. The van der Waals surface area contributed by atoms with Crippen molar-refractivity contribution in [1.82, 2.24) is 0 Å². The first-order chi connectivity index (χ1) is 8.20. The lowest BCUT2D eigenvalue weighted by Crippen LogP contribution is -2.02. The Kier molecular flexibility index (Phi) is 10.7. The van der Waals surface area contributed by atoms with Gasteiger partial charge in [-0.25, -0.2) is 0 Å². The van der Waals surface area contributed by atoms with Crippen molar-refractivity contribution >= 4 is 0 Å². The average Bonchev–Trinajstić information content (AvgIpc) is 2.31. The number of ether oxygens (including phenoxy) is 2. The maximum Gasteiger partial charge on any atom is 0.115 e. The number of rotatable bonds is 10. The minimum Gasteiger partial charge on any atom is -0.494 e. The normalized spacial score (nSPS) is 12.1. The van der Waals surface area contributed by atoms with E-state index in [1.807, 2.05) is 32.1 Å². The zero-order chi connectivity index (χ0) is 12.9. The molecule has 98 valence electrons. The van der Waals surface area contributed by atoms with Crippen LogP contribution in [-0.2, 0) is 9.47 Å². The van der Waals surface area contributed by atoms with Crippen LogP contribution in [0.2, 0.25) is 0 Å². The Labute approximate surface area is 104 Å². The number of hydrogen-bond donors (Lipinski definition) is 1. The Hall–Kier alpha value is -1.06.